The third-order valence-electron chi connectivity index (χ3n) is 1.88. The number of nitrogens with zero attached hydrogens (tertiary/aromatic N) is 3. The summed E-state index contributed by atoms with van der Waals surface area (Å²) in [5.74, 6) is 1.41. The molecule has 0 amide bonds. The van der Waals surface area contributed by atoms with Gasteiger partial charge in [-0.05, 0) is 19.8 Å². The van der Waals surface area contributed by atoms with Crippen LogP contribution in [0.25, 0.3) is 0 Å². The highest BCUT2D eigenvalue weighted by atomic mass is 15.1. The Labute approximate surface area is 76.6 Å². The van der Waals surface area contributed by atoms with Crippen molar-refractivity contribution in [1.82, 2.24) is 9.97 Å². The fourth-order valence-electron chi connectivity index (χ4n) is 1.14. The Hall–Kier alpha value is -1.63. The largest absolute Gasteiger partial charge is 0.367 e. The highest BCUT2D eigenvalue weighted by Gasteiger charge is 2.21. The van der Waals surface area contributed by atoms with E-state index in [-0.39, 0.29) is 0 Å². The highest BCUT2D eigenvalue weighted by Crippen LogP contribution is 2.23. The highest BCUT2D eigenvalue weighted by molar-refractivity contribution is 5.41. The SMILES string of the molecule is Cc1nc(C#N)cc(NC2CC2)n1. The van der Waals surface area contributed by atoms with Gasteiger partial charge >= 0.3 is 0 Å². The fourth-order valence-corrected chi connectivity index (χ4v) is 1.14. The van der Waals surface area contributed by atoms with Gasteiger partial charge in [-0.25, -0.2) is 9.97 Å². The number of rotatable bonds is 2. The molecule has 13 heavy (non-hydrogen) atoms. The Kier molecular flexibility index (Phi) is 1.85. The molecule has 1 saturated carbocycles. The van der Waals surface area contributed by atoms with E-state index >= 15 is 0 Å². The second kappa shape index (κ2) is 3.02. The molecule has 1 aromatic rings. The van der Waals surface area contributed by atoms with Gasteiger partial charge in [-0.2, -0.15) is 5.26 Å². The summed E-state index contributed by atoms with van der Waals surface area (Å²) in [6.07, 6.45) is 2.40. The molecule has 0 bridgehead atoms. The molecule has 1 aliphatic carbocycles. The Morgan fingerprint density at radius 2 is 2.31 bits per heavy atom. The van der Waals surface area contributed by atoms with Crippen molar-refractivity contribution in [3.8, 4) is 6.07 Å². The van der Waals surface area contributed by atoms with Crippen LogP contribution in [-0.4, -0.2) is 16.0 Å². The predicted octanol–water partition coefficient (Wildman–Crippen LogP) is 1.23. The number of aromatic nitrogens is 2. The number of anilines is 1. The van der Waals surface area contributed by atoms with Crippen LogP contribution in [0, 0.1) is 18.3 Å². The minimum absolute atomic E-state index is 0.427. The molecular formula is C9H10N4. The molecule has 1 fully saturated rings. The number of hydrogen-bond donors (Lipinski definition) is 1. The van der Waals surface area contributed by atoms with Crippen molar-refractivity contribution in [2.45, 2.75) is 25.8 Å². The molecule has 1 N–H and O–H groups in total. The lowest BCUT2D eigenvalue weighted by atomic mass is 10.4. The maximum Gasteiger partial charge on any atom is 0.146 e. The third kappa shape index (κ3) is 1.94. The monoisotopic (exact) mass is 174 g/mol. The lowest BCUT2D eigenvalue weighted by Gasteiger charge is -2.03. The number of nitriles is 1. The minimum atomic E-state index is 0.427. The van der Waals surface area contributed by atoms with Crippen molar-refractivity contribution in [2.24, 2.45) is 0 Å². The van der Waals surface area contributed by atoms with Crippen LogP contribution in [0.5, 0.6) is 0 Å². The Bertz CT molecular complexity index is 362. The first kappa shape index (κ1) is 7.99. The second-order valence-corrected chi connectivity index (χ2v) is 3.22. The molecule has 0 saturated heterocycles. The summed E-state index contributed by atoms with van der Waals surface area (Å²) in [5, 5.41) is 11.9. The van der Waals surface area contributed by atoms with Crippen molar-refractivity contribution in [1.29, 1.82) is 5.26 Å². The lowest BCUT2D eigenvalue weighted by Crippen LogP contribution is -2.05. The summed E-state index contributed by atoms with van der Waals surface area (Å²) < 4.78 is 0. The van der Waals surface area contributed by atoms with Crippen LogP contribution >= 0.6 is 0 Å². The molecule has 0 atom stereocenters. The first-order chi connectivity index (χ1) is 6.28. The summed E-state index contributed by atoms with van der Waals surface area (Å²) in [6, 6.07) is 4.25. The first-order valence-electron chi connectivity index (χ1n) is 4.30. The molecule has 0 spiro atoms. The molecule has 4 nitrogen and oxygen atoms in total. The van der Waals surface area contributed by atoms with Gasteiger partial charge in [-0.15, -0.1) is 0 Å². The average molecular weight is 174 g/mol. The van der Waals surface area contributed by atoms with Gasteiger partial charge in [0, 0.05) is 12.1 Å². The smallest absolute Gasteiger partial charge is 0.146 e. The summed E-state index contributed by atoms with van der Waals surface area (Å²) in [4.78, 5) is 8.16. The van der Waals surface area contributed by atoms with Crippen molar-refractivity contribution < 1.29 is 0 Å². The number of aryl methyl sites for hydroxylation is 1. The Morgan fingerprint density at radius 3 is 2.92 bits per heavy atom. The van der Waals surface area contributed by atoms with Crippen LogP contribution in [0.4, 0.5) is 5.82 Å². The molecule has 2 rings (SSSR count). The molecule has 0 radical (unpaired) electrons. The van der Waals surface area contributed by atoms with Crippen LogP contribution in [0.1, 0.15) is 24.4 Å². The lowest BCUT2D eigenvalue weighted by molar-refractivity contribution is 1.01. The maximum atomic E-state index is 8.67. The first-order valence-corrected chi connectivity index (χ1v) is 4.30. The average Bonchev–Trinajstić information content (AvgIpc) is 2.87. The van der Waals surface area contributed by atoms with Crippen molar-refractivity contribution in [3.05, 3.63) is 17.6 Å². The van der Waals surface area contributed by atoms with Crippen LogP contribution < -0.4 is 5.32 Å². The summed E-state index contributed by atoms with van der Waals surface area (Å²) in [5.41, 5.74) is 0.427. The molecule has 4 heteroatoms. The van der Waals surface area contributed by atoms with Crippen LogP contribution in [0.3, 0.4) is 0 Å². The zero-order chi connectivity index (χ0) is 9.26. The van der Waals surface area contributed by atoms with E-state index in [0.29, 0.717) is 17.6 Å². The van der Waals surface area contributed by atoms with E-state index in [0.717, 1.165) is 5.82 Å². The minimum Gasteiger partial charge on any atom is -0.367 e. The molecule has 1 aromatic heterocycles. The number of hydrogen-bond acceptors (Lipinski definition) is 4. The molecule has 0 unspecified atom stereocenters. The van der Waals surface area contributed by atoms with Crippen LogP contribution in [0.15, 0.2) is 6.07 Å². The third-order valence-corrected chi connectivity index (χ3v) is 1.88. The van der Waals surface area contributed by atoms with E-state index in [2.05, 4.69) is 15.3 Å². The van der Waals surface area contributed by atoms with E-state index in [1.807, 2.05) is 6.07 Å². The van der Waals surface area contributed by atoms with Gasteiger partial charge in [-0.3, -0.25) is 0 Å². The van der Waals surface area contributed by atoms with Gasteiger partial charge in [0.2, 0.25) is 0 Å². The van der Waals surface area contributed by atoms with Gasteiger partial charge in [0.25, 0.3) is 0 Å². The molecule has 1 heterocycles. The topological polar surface area (TPSA) is 61.6 Å². The van der Waals surface area contributed by atoms with Gasteiger partial charge < -0.3 is 5.32 Å². The Balaban J connectivity index is 2.24. The number of nitrogens with one attached hydrogen (secondary N) is 1. The van der Waals surface area contributed by atoms with Gasteiger partial charge in [0.15, 0.2) is 0 Å². The second-order valence-electron chi connectivity index (χ2n) is 3.22. The molecule has 66 valence electrons. The summed E-state index contributed by atoms with van der Waals surface area (Å²) in [7, 11) is 0. The summed E-state index contributed by atoms with van der Waals surface area (Å²) in [6.45, 7) is 1.79. The zero-order valence-corrected chi connectivity index (χ0v) is 7.41. The zero-order valence-electron chi connectivity index (χ0n) is 7.41. The predicted molar refractivity (Wildman–Crippen MR) is 48.1 cm³/mol. The standard InChI is InChI=1S/C9H10N4/c1-6-11-8(5-10)4-9(12-6)13-7-2-3-7/h4,7H,2-3H2,1H3,(H,11,12,13). The fraction of sp³-hybridized carbons (Fsp3) is 0.444. The van der Waals surface area contributed by atoms with E-state index < -0.39 is 0 Å². The van der Waals surface area contributed by atoms with Crippen molar-refractivity contribution >= 4 is 5.82 Å². The van der Waals surface area contributed by atoms with Crippen molar-refractivity contribution in [2.75, 3.05) is 5.32 Å². The summed E-state index contributed by atoms with van der Waals surface area (Å²) >= 11 is 0. The van der Waals surface area contributed by atoms with E-state index in [9.17, 15) is 0 Å². The van der Waals surface area contributed by atoms with Gasteiger partial charge in [-0.1, -0.05) is 0 Å². The molecular weight excluding hydrogens is 164 g/mol. The van der Waals surface area contributed by atoms with E-state index in [4.69, 9.17) is 5.26 Å². The van der Waals surface area contributed by atoms with E-state index in [1.54, 1.807) is 13.0 Å². The quantitative estimate of drug-likeness (QED) is 0.732. The van der Waals surface area contributed by atoms with Gasteiger partial charge in [0.05, 0.1) is 0 Å². The maximum absolute atomic E-state index is 8.67. The van der Waals surface area contributed by atoms with Crippen LogP contribution in [-0.2, 0) is 0 Å². The van der Waals surface area contributed by atoms with Crippen LogP contribution in [0.2, 0.25) is 0 Å². The normalized spacial score (nSPS) is 15.1. The Morgan fingerprint density at radius 1 is 1.54 bits per heavy atom. The molecule has 0 aliphatic heterocycles. The van der Waals surface area contributed by atoms with Gasteiger partial charge in [0.1, 0.15) is 23.4 Å². The van der Waals surface area contributed by atoms with E-state index in [1.165, 1.54) is 12.8 Å². The molecule has 1 aliphatic rings. The molecule has 0 aromatic carbocycles. The van der Waals surface area contributed by atoms with Crippen molar-refractivity contribution in [3.63, 3.8) is 0 Å².